The van der Waals surface area contributed by atoms with E-state index in [0.29, 0.717) is 29.4 Å². The lowest BCUT2D eigenvalue weighted by Crippen LogP contribution is -2.44. The SMILES string of the molecule is O=C(NC(CO)c1ccco1)C(=O)N1CCc2c(Cl)cccc21. The number of anilines is 1. The van der Waals surface area contributed by atoms with E-state index in [2.05, 4.69) is 5.32 Å². The van der Waals surface area contributed by atoms with Crippen molar-refractivity contribution in [1.82, 2.24) is 5.32 Å². The molecule has 1 unspecified atom stereocenters. The largest absolute Gasteiger partial charge is 0.467 e. The fourth-order valence-electron chi connectivity index (χ4n) is 2.64. The van der Waals surface area contributed by atoms with E-state index in [0.717, 1.165) is 5.56 Å². The molecule has 1 aromatic heterocycles. The number of nitrogens with one attached hydrogen (secondary N) is 1. The Balaban J connectivity index is 1.74. The van der Waals surface area contributed by atoms with E-state index in [9.17, 15) is 14.7 Å². The molecular weight excluding hydrogens is 320 g/mol. The van der Waals surface area contributed by atoms with Crippen molar-refractivity contribution in [2.24, 2.45) is 0 Å². The summed E-state index contributed by atoms with van der Waals surface area (Å²) in [6.07, 6.45) is 2.04. The number of amides is 2. The fourth-order valence-corrected chi connectivity index (χ4v) is 2.91. The molecule has 0 fully saturated rings. The van der Waals surface area contributed by atoms with Crippen LogP contribution < -0.4 is 10.2 Å². The summed E-state index contributed by atoms with van der Waals surface area (Å²) < 4.78 is 5.15. The van der Waals surface area contributed by atoms with E-state index >= 15 is 0 Å². The van der Waals surface area contributed by atoms with Crippen LogP contribution in [0.15, 0.2) is 41.0 Å². The highest BCUT2D eigenvalue weighted by atomic mass is 35.5. The van der Waals surface area contributed by atoms with Gasteiger partial charge < -0.3 is 19.7 Å². The predicted molar refractivity (Wildman–Crippen MR) is 84.2 cm³/mol. The van der Waals surface area contributed by atoms with Crippen molar-refractivity contribution in [3.8, 4) is 0 Å². The third-order valence-corrected chi connectivity index (χ3v) is 4.14. The summed E-state index contributed by atoms with van der Waals surface area (Å²) in [7, 11) is 0. The molecule has 1 aliphatic heterocycles. The molecule has 3 rings (SSSR count). The van der Waals surface area contributed by atoms with Gasteiger partial charge in [0.25, 0.3) is 0 Å². The third-order valence-electron chi connectivity index (χ3n) is 3.78. The number of nitrogens with zero attached hydrogens (tertiary/aromatic N) is 1. The number of carbonyl (C=O) groups excluding carboxylic acids is 2. The van der Waals surface area contributed by atoms with Crippen LogP contribution in [0.2, 0.25) is 5.02 Å². The zero-order chi connectivity index (χ0) is 16.4. The van der Waals surface area contributed by atoms with Gasteiger partial charge in [0.2, 0.25) is 0 Å². The molecule has 120 valence electrons. The van der Waals surface area contributed by atoms with Gasteiger partial charge in [0.05, 0.1) is 12.9 Å². The second-order valence-corrected chi connectivity index (χ2v) is 5.58. The van der Waals surface area contributed by atoms with E-state index in [-0.39, 0.29) is 6.61 Å². The molecule has 2 aromatic rings. The van der Waals surface area contributed by atoms with Crippen molar-refractivity contribution in [2.45, 2.75) is 12.5 Å². The maximum absolute atomic E-state index is 12.4. The van der Waals surface area contributed by atoms with Gasteiger partial charge in [-0.05, 0) is 36.2 Å². The van der Waals surface area contributed by atoms with Crippen molar-refractivity contribution >= 4 is 29.1 Å². The van der Waals surface area contributed by atoms with Gasteiger partial charge in [-0.3, -0.25) is 9.59 Å². The molecule has 0 spiro atoms. The summed E-state index contributed by atoms with van der Waals surface area (Å²) in [5.41, 5.74) is 1.51. The van der Waals surface area contributed by atoms with Crippen molar-refractivity contribution in [2.75, 3.05) is 18.1 Å². The molecule has 23 heavy (non-hydrogen) atoms. The molecule has 1 aliphatic rings. The Morgan fingerprint density at radius 3 is 2.87 bits per heavy atom. The van der Waals surface area contributed by atoms with Gasteiger partial charge in [0.1, 0.15) is 11.8 Å². The molecule has 2 N–H and O–H groups in total. The first-order valence-corrected chi connectivity index (χ1v) is 7.53. The van der Waals surface area contributed by atoms with Crippen LogP contribution >= 0.6 is 11.6 Å². The smallest absolute Gasteiger partial charge is 0.316 e. The highest BCUT2D eigenvalue weighted by Gasteiger charge is 2.31. The minimum absolute atomic E-state index is 0.366. The molecule has 2 amide bonds. The number of aliphatic hydroxyl groups is 1. The van der Waals surface area contributed by atoms with E-state index < -0.39 is 17.9 Å². The Morgan fingerprint density at radius 1 is 1.35 bits per heavy atom. The molecular formula is C16H15ClN2O4. The Bertz CT molecular complexity index is 730. The minimum atomic E-state index is -0.798. The number of hydrogen-bond donors (Lipinski definition) is 2. The highest BCUT2D eigenvalue weighted by Crippen LogP contribution is 2.33. The summed E-state index contributed by atoms with van der Waals surface area (Å²) in [5.74, 6) is -1.09. The number of furan rings is 1. The van der Waals surface area contributed by atoms with Gasteiger partial charge in [0.15, 0.2) is 0 Å². The number of carbonyl (C=O) groups is 2. The standard InChI is InChI=1S/C16H15ClN2O4/c17-11-3-1-4-13-10(11)6-7-19(13)16(22)15(21)18-12(9-20)14-5-2-8-23-14/h1-5,8,12,20H,6-7,9H2,(H,18,21). The second kappa shape index (κ2) is 6.44. The summed E-state index contributed by atoms with van der Waals surface area (Å²) >= 11 is 6.11. The van der Waals surface area contributed by atoms with E-state index in [1.54, 1.807) is 30.3 Å². The third kappa shape index (κ3) is 2.95. The Kier molecular flexibility index (Phi) is 4.36. The zero-order valence-electron chi connectivity index (χ0n) is 12.2. The maximum Gasteiger partial charge on any atom is 0.316 e. The van der Waals surface area contributed by atoms with E-state index in [1.807, 2.05) is 0 Å². The molecule has 0 radical (unpaired) electrons. The quantitative estimate of drug-likeness (QED) is 0.836. The molecule has 7 heteroatoms. The normalized spacial score (nSPS) is 14.4. The summed E-state index contributed by atoms with van der Waals surface area (Å²) in [4.78, 5) is 26.0. The second-order valence-electron chi connectivity index (χ2n) is 5.17. The van der Waals surface area contributed by atoms with Gasteiger partial charge in [0, 0.05) is 17.3 Å². The first-order chi connectivity index (χ1) is 11.1. The van der Waals surface area contributed by atoms with Crippen LogP contribution in [0.25, 0.3) is 0 Å². The number of rotatable bonds is 3. The molecule has 0 aliphatic carbocycles. The molecule has 0 saturated carbocycles. The Morgan fingerprint density at radius 2 is 2.17 bits per heavy atom. The summed E-state index contributed by atoms with van der Waals surface area (Å²) in [6, 6.07) is 7.76. The molecule has 2 heterocycles. The number of fused-ring (bicyclic) bond motifs is 1. The summed E-state index contributed by atoms with van der Waals surface area (Å²) in [5, 5.41) is 12.4. The van der Waals surface area contributed by atoms with Gasteiger partial charge in [-0.1, -0.05) is 17.7 Å². The number of halogens is 1. The van der Waals surface area contributed by atoms with Crippen molar-refractivity contribution in [3.63, 3.8) is 0 Å². The average molecular weight is 335 g/mol. The Hall–Kier alpha value is -2.31. The lowest BCUT2D eigenvalue weighted by Gasteiger charge is -2.19. The van der Waals surface area contributed by atoms with Crippen LogP contribution in [0.5, 0.6) is 0 Å². The van der Waals surface area contributed by atoms with E-state index in [4.69, 9.17) is 16.0 Å². The molecule has 1 atom stereocenters. The minimum Gasteiger partial charge on any atom is -0.467 e. The molecule has 0 saturated heterocycles. The van der Waals surface area contributed by atoms with Crippen LogP contribution in [-0.4, -0.2) is 30.1 Å². The fraction of sp³-hybridized carbons (Fsp3) is 0.250. The summed E-state index contributed by atoms with van der Waals surface area (Å²) in [6.45, 7) is 0.0326. The van der Waals surface area contributed by atoms with Crippen LogP contribution in [-0.2, 0) is 16.0 Å². The number of hydrogen-bond acceptors (Lipinski definition) is 4. The molecule has 0 bridgehead atoms. The van der Waals surface area contributed by atoms with Crippen LogP contribution in [0.4, 0.5) is 5.69 Å². The maximum atomic E-state index is 12.4. The highest BCUT2D eigenvalue weighted by molar-refractivity contribution is 6.41. The van der Waals surface area contributed by atoms with Gasteiger partial charge in [-0.15, -0.1) is 0 Å². The number of benzene rings is 1. The first-order valence-electron chi connectivity index (χ1n) is 7.16. The average Bonchev–Trinajstić information content (AvgIpc) is 3.21. The molecule has 6 nitrogen and oxygen atoms in total. The van der Waals surface area contributed by atoms with Crippen LogP contribution in [0.3, 0.4) is 0 Å². The van der Waals surface area contributed by atoms with Gasteiger partial charge >= 0.3 is 11.8 Å². The van der Waals surface area contributed by atoms with E-state index in [1.165, 1.54) is 11.2 Å². The predicted octanol–water partition coefficient (Wildman–Crippen LogP) is 1.67. The lowest BCUT2D eigenvalue weighted by atomic mass is 10.2. The number of aliphatic hydroxyl groups excluding tert-OH is 1. The monoisotopic (exact) mass is 334 g/mol. The van der Waals surface area contributed by atoms with Crippen LogP contribution in [0, 0.1) is 0 Å². The first kappa shape index (κ1) is 15.6. The Labute approximate surface area is 137 Å². The van der Waals surface area contributed by atoms with Gasteiger partial charge in [-0.25, -0.2) is 0 Å². The van der Waals surface area contributed by atoms with Crippen molar-refractivity contribution in [1.29, 1.82) is 0 Å². The van der Waals surface area contributed by atoms with Crippen molar-refractivity contribution < 1.29 is 19.1 Å². The topological polar surface area (TPSA) is 82.8 Å². The molecule has 1 aromatic carbocycles. The van der Waals surface area contributed by atoms with Gasteiger partial charge in [-0.2, -0.15) is 0 Å². The lowest BCUT2D eigenvalue weighted by molar-refractivity contribution is -0.138. The van der Waals surface area contributed by atoms with Crippen LogP contribution in [0.1, 0.15) is 17.4 Å². The van der Waals surface area contributed by atoms with Crippen molar-refractivity contribution in [3.05, 3.63) is 52.9 Å². The zero-order valence-corrected chi connectivity index (χ0v) is 12.9.